The molecular formula is C22H34N2O4S. The van der Waals surface area contributed by atoms with Crippen LogP contribution in [-0.2, 0) is 19.6 Å². The average Bonchev–Trinajstić information content (AvgIpc) is 2.72. The van der Waals surface area contributed by atoms with Gasteiger partial charge < -0.3 is 9.64 Å². The quantitative estimate of drug-likeness (QED) is 0.733. The molecule has 3 rings (SSSR count). The molecule has 2 atom stereocenters. The van der Waals surface area contributed by atoms with E-state index in [4.69, 9.17) is 4.74 Å². The smallest absolute Gasteiger partial charge is 0.222 e. The summed E-state index contributed by atoms with van der Waals surface area (Å²) >= 11 is 0. The van der Waals surface area contributed by atoms with Crippen LogP contribution in [0.4, 0.5) is 0 Å². The fourth-order valence-electron chi connectivity index (χ4n) is 4.71. The summed E-state index contributed by atoms with van der Waals surface area (Å²) in [6, 6.07) is 10.1. The molecule has 1 amide bonds. The third-order valence-electron chi connectivity index (χ3n) is 6.22. The molecule has 162 valence electrons. The predicted molar refractivity (Wildman–Crippen MR) is 114 cm³/mol. The van der Waals surface area contributed by atoms with Crippen molar-refractivity contribution < 1.29 is 17.9 Å². The number of hydrogen-bond acceptors (Lipinski definition) is 4. The lowest BCUT2D eigenvalue weighted by Gasteiger charge is -2.42. The van der Waals surface area contributed by atoms with E-state index < -0.39 is 10.0 Å². The largest absolute Gasteiger partial charge is 0.376 e. The number of carbonyl (C=O) groups excluding carboxylic acids is 1. The first kappa shape index (κ1) is 22.2. The topological polar surface area (TPSA) is 75.7 Å². The van der Waals surface area contributed by atoms with Crippen LogP contribution in [0.1, 0.15) is 63.4 Å². The van der Waals surface area contributed by atoms with E-state index in [-0.39, 0.29) is 24.1 Å². The van der Waals surface area contributed by atoms with Gasteiger partial charge in [-0.05, 0) is 50.0 Å². The zero-order valence-corrected chi connectivity index (χ0v) is 18.4. The van der Waals surface area contributed by atoms with Crippen molar-refractivity contribution in [2.75, 3.05) is 19.4 Å². The number of hydrogen-bond donors (Lipinski definition) is 1. The van der Waals surface area contributed by atoms with Crippen molar-refractivity contribution in [3.63, 3.8) is 0 Å². The van der Waals surface area contributed by atoms with Crippen LogP contribution >= 0.6 is 0 Å². The highest BCUT2D eigenvalue weighted by molar-refractivity contribution is 7.88. The molecule has 2 fully saturated rings. The zero-order chi connectivity index (χ0) is 20.9. The third kappa shape index (κ3) is 6.27. The van der Waals surface area contributed by atoms with Gasteiger partial charge in [0.15, 0.2) is 0 Å². The van der Waals surface area contributed by atoms with Crippen LogP contribution in [0.2, 0.25) is 0 Å². The molecule has 1 saturated carbocycles. The van der Waals surface area contributed by atoms with E-state index in [9.17, 15) is 13.2 Å². The summed E-state index contributed by atoms with van der Waals surface area (Å²) in [5, 5.41) is 0. The summed E-state index contributed by atoms with van der Waals surface area (Å²) < 4.78 is 32.6. The van der Waals surface area contributed by atoms with Crippen LogP contribution in [-0.4, -0.2) is 56.8 Å². The molecule has 7 heteroatoms. The average molecular weight is 423 g/mol. The lowest BCUT2D eigenvalue weighted by molar-refractivity contribution is -0.138. The van der Waals surface area contributed by atoms with Crippen LogP contribution in [0.15, 0.2) is 30.3 Å². The number of sulfonamides is 1. The summed E-state index contributed by atoms with van der Waals surface area (Å²) in [7, 11) is -3.34. The van der Waals surface area contributed by atoms with Gasteiger partial charge in [0.05, 0.1) is 25.0 Å². The van der Waals surface area contributed by atoms with Crippen molar-refractivity contribution in [3.8, 4) is 0 Å². The Kier molecular flexibility index (Phi) is 7.71. The minimum Gasteiger partial charge on any atom is -0.376 e. The molecule has 0 unspecified atom stereocenters. The van der Waals surface area contributed by atoms with Crippen LogP contribution in [0, 0.1) is 0 Å². The van der Waals surface area contributed by atoms with E-state index in [0.717, 1.165) is 38.5 Å². The maximum atomic E-state index is 12.4. The lowest BCUT2D eigenvalue weighted by Crippen LogP contribution is -2.58. The van der Waals surface area contributed by atoms with Gasteiger partial charge in [-0.3, -0.25) is 4.79 Å². The minimum absolute atomic E-state index is 0.0615. The Hall–Kier alpha value is -1.44. The Labute approximate surface area is 175 Å². The van der Waals surface area contributed by atoms with Gasteiger partial charge in [0.1, 0.15) is 0 Å². The predicted octanol–water partition coefficient (Wildman–Crippen LogP) is 3.05. The second-order valence-electron chi connectivity index (χ2n) is 8.36. The van der Waals surface area contributed by atoms with Crippen molar-refractivity contribution in [2.24, 2.45) is 0 Å². The molecular weight excluding hydrogens is 388 g/mol. The van der Waals surface area contributed by atoms with Gasteiger partial charge >= 0.3 is 0 Å². The van der Waals surface area contributed by atoms with E-state index in [1.807, 2.05) is 17.9 Å². The maximum Gasteiger partial charge on any atom is 0.222 e. The Morgan fingerprint density at radius 1 is 1.14 bits per heavy atom. The fraction of sp³-hybridized carbons (Fsp3) is 0.682. The molecule has 1 aliphatic carbocycles. The number of ether oxygens (including phenoxy) is 1. The highest BCUT2D eigenvalue weighted by Gasteiger charge is 2.36. The molecule has 2 aliphatic rings. The number of nitrogens with zero attached hydrogens (tertiary/aromatic N) is 1. The molecule has 1 heterocycles. The van der Waals surface area contributed by atoms with Gasteiger partial charge in [0, 0.05) is 19.0 Å². The number of carbonyl (C=O) groups is 1. The molecule has 0 spiro atoms. The number of piperidine rings is 1. The Bertz CT molecular complexity index is 760. The number of nitrogens with one attached hydrogen (secondary N) is 1. The minimum atomic E-state index is -3.34. The van der Waals surface area contributed by atoms with Crippen LogP contribution in [0.3, 0.4) is 0 Å². The van der Waals surface area contributed by atoms with Gasteiger partial charge in [-0.15, -0.1) is 0 Å². The van der Waals surface area contributed by atoms with Gasteiger partial charge in [0.25, 0.3) is 0 Å². The first-order valence-electron chi connectivity index (χ1n) is 10.8. The highest BCUT2D eigenvalue weighted by Crippen LogP contribution is 2.34. The molecule has 0 radical (unpaired) electrons. The molecule has 0 bridgehead atoms. The summed E-state index contributed by atoms with van der Waals surface area (Å²) in [5.74, 6) is 0.648. The molecule has 6 nitrogen and oxygen atoms in total. The van der Waals surface area contributed by atoms with Gasteiger partial charge in [0.2, 0.25) is 15.9 Å². The van der Waals surface area contributed by atoms with E-state index in [2.05, 4.69) is 29.0 Å². The van der Waals surface area contributed by atoms with Crippen molar-refractivity contribution in [1.82, 2.24) is 9.62 Å². The lowest BCUT2D eigenvalue weighted by atomic mass is 9.83. The van der Waals surface area contributed by atoms with E-state index in [1.165, 1.54) is 11.8 Å². The SMILES string of the molecule is CCC(=O)N1CCC[C@H](NS(C)(=O)=O)[C@@H]1CO[C@H]1CC[C@@H](c2ccccc2)CC1. The van der Waals surface area contributed by atoms with Crippen molar-refractivity contribution >= 4 is 15.9 Å². The monoisotopic (exact) mass is 422 g/mol. The zero-order valence-electron chi connectivity index (χ0n) is 17.5. The van der Waals surface area contributed by atoms with Crippen molar-refractivity contribution in [3.05, 3.63) is 35.9 Å². The van der Waals surface area contributed by atoms with Crippen LogP contribution in [0.25, 0.3) is 0 Å². The Balaban J connectivity index is 1.58. The van der Waals surface area contributed by atoms with E-state index >= 15 is 0 Å². The first-order valence-corrected chi connectivity index (χ1v) is 12.7. The summed E-state index contributed by atoms with van der Waals surface area (Å²) in [5.41, 5.74) is 1.40. The number of likely N-dealkylation sites (tertiary alicyclic amines) is 1. The van der Waals surface area contributed by atoms with Crippen LogP contribution in [0.5, 0.6) is 0 Å². The molecule has 1 saturated heterocycles. The van der Waals surface area contributed by atoms with Gasteiger partial charge in [-0.1, -0.05) is 37.3 Å². The molecule has 1 aromatic rings. The first-order chi connectivity index (χ1) is 13.9. The maximum absolute atomic E-state index is 12.4. The second kappa shape index (κ2) is 10.0. The molecule has 29 heavy (non-hydrogen) atoms. The molecule has 1 N–H and O–H groups in total. The third-order valence-corrected chi connectivity index (χ3v) is 6.95. The summed E-state index contributed by atoms with van der Waals surface area (Å²) in [4.78, 5) is 14.3. The summed E-state index contributed by atoms with van der Waals surface area (Å²) in [6.07, 6.45) is 7.50. The van der Waals surface area contributed by atoms with Gasteiger partial charge in [-0.2, -0.15) is 0 Å². The highest BCUT2D eigenvalue weighted by atomic mass is 32.2. The molecule has 0 aromatic heterocycles. The number of rotatable bonds is 7. The van der Waals surface area contributed by atoms with Gasteiger partial charge in [-0.25, -0.2) is 13.1 Å². The standard InChI is InChI=1S/C22H34N2O4S/c1-3-22(25)24-15-7-10-20(23-29(2,26)27)21(24)16-28-19-13-11-18(12-14-19)17-8-5-4-6-9-17/h4-6,8-9,18-21,23H,3,7,10-16H2,1-2H3/t18-,19+,20-,21-/m0/s1. The van der Waals surface area contributed by atoms with E-state index in [1.54, 1.807) is 0 Å². The number of amides is 1. The Morgan fingerprint density at radius 3 is 2.45 bits per heavy atom. The normalized spacial score (nSPS) is 28.3. The Morgan fingerprint density at radius 2 is 1.83 bits per heavy atom. The second-order valence-corrected chi connectivity index (χ2v) is 10.1. The van der Waals surface area contributed by atoms with Crippen molar-refractivity contribution in [1.29, 1.82) is 0 Å². The molecule has 1 aromatic carbocycles. The van der Waals surface area contributed by atoms with Crippen molar-refractivity contribution in [2.45, 2.75) is 76.0 Å². The molecule has 1 aliphatic heterocycles. The fourth-order valence-corrected chi connectivity index (χ4v) is 5.54. The van der Waals surface area contributed by atoms with E-state index in [0.29, 0.717) is 25.5 Å². The van der Waals surface area contributed by atoms with Crippen LogP contribution < -0.4 is 4.72 Å². The number of benzene rings is 1. The summed E-state index contributed by atoms with van der Waals surface area (Å²) in [6.45, 7) is 2.90.